The second-order valence-electron chi connectivity index (χ2n) is 4.91. The summed E-state index contributed by atoms with van der Waals surface area (Å²) in [5, 5.41) is 1.14. The molecule has 0 spiro atoms. The summed E-state index contributed by atoms with van der Waals surface area (Å²) in [6.45, 7) is 0. The molecule has 0 aliphatic heterocycles. The van der Waals surface area contributed by atoms with E-state index in [1.807, 2.05) is 42.6 Å². The third-order valence-corrected chi connectivity index (χ3v) is 3.62. The second-order valence-corrected chi connectivity index (χ2v) is 4.91. The number of fused-ring (bicyclic) bond motifs is 1. The van der Waals surface area contributed by atoms with Crippen LogP contribution in [0.5, 0.6) is 0 Å². The van der Waals surface area contributed by atoms with Gasteiger partial charge in [-0.25, -0.2) is 0 Å². The van der Waals surface area contributed by atoms with Gasteiger partial charge in [-0.3, -0.25) is 4.98 Å². The Morgan fingerprint density at radius 2 is 1.57 bits per heavy atom. The third-order valence-electron chi connectivity index (χ3n) is 3.62. The Labute approximate surface area is 122 Å². The third kappa shape index (κ3) is 2.01. The molecule has 4 aromatic rings. The summed E-state index contributed by atoms with van der Waals surface area (Å²) in [5.74, 6) is 0.840. The molecule has 0 bridgehead atoms. The van der Waals surface area contributed by atoms with Crippen molar-refractivity contribution in [2.24, 2.45) is 0 Å². The van der Waals surface area contributed by atoms with E-state index < -0.39 is 0 Å². The van der Waals surface area contributed by atoms with Gasteiger partial charge in [0.25, 0.3) is 0 Å². The minimum absolute atomic E-state index is 0.840. The van der Waals surface area contributed by atoms with Crippen molar-refractivity contribution < 1.29 is 4.42 Å². The molecule has 0 N–H and O–H groups in total. The predicted molar refractivity (Wildman–Crippen MR) is 84.9 cm³/mol. The number of pyridine rings is 1. The molecule has 0 amide bonds. The molecular formula is C19H13NO. The fraction of sp³-hybridized carbons (Fsp3) is 0. The fourth-order valence-corrected chi connectivity index (χ4v) is 2.68. The van der Waals surface area contributed by atoms with E-state index in [0.717, 1.165) is 27.8 Å². The van der Waals surface area contributed by atoms with Crippen LogP contribution < -0.4 is 0 Å². The van der Waals surface area contributed by atoms with Crippen molar-refractivity contribution in [2.45, 2.75) is 0 Å². The van der Waals surface area contributed by atoms with Gasteiger partial charge in [-0.2, -0.15) is 0 Å². The lowest BCUT2D eigenvalue weighted by atomic mass is 9.95. The number of nitrogens with zero attached hydrogens (tertiary/aromatic N) is 1. The van der Waals surface area contributed by atoms with Crippen LogP contribution in [0.1, 0.15) is 0 Å². The quantitative estimate of drug-likeness (QED) is 0.503. The summed E-state index contributed by atoms with van der Waals surface area (Å²) in [7, 11) is 0. The SMILES string of the molecule is c1ccc(-c2c(-c3ccco3)cnc3ccccc23)cc1. The summed E-state index contributed by atoms with van der Waals surface area (Å²) >= 11 is 0. The Morgan fingerprint density at radius 1 is 0.762 bits per heavy atom. The van der Waals surface area contributed by atoms with Gasteiger partial charge in [-0.1, -0.05) is 48.5 Å². The van der Waals surface area contributed by atoms with Crippen molar-refractivity contribution in [3.63, 3.8) is 0 Å². The van der Waals surface area contributed by atoms with Crippen LogP contribution >= 0.6 is 0 Å². The average molecular weight is 271 g/mol. The zero-order valence-corrected chi connectivity index (χ0v) is 11.4. The fourth-order valence-electron chi connectivity index (χ4n) is 2.68. The minimum Gasteiger partial charge on any atom is -0.464 e. The van der Waals surface area contributed by atoms with Crippen molar-refractivity contribution in [2.75, 3.05) is 0 Å². The van der Waals surface area contributed by atoms with Crippen LogP contribution in [0.15, 0.2) is 83.6 Å². The predicted octanol–water partition coefficient (Wildman–Crippen LogP) is 5.16. The maximum atomic E-state index is 5.59. The second kappa shape index (κ2) is 4.91. The molecule has 0 aliphatic carbocycles. The van der Waals surface area contributed by atoms with Crippen LogP contribution in [0.4, 0.5) is 0 Å². The van der Waals surface area contributed by atoms with Gasteiger partial charge < -0.3 is 4.42 Å². The molecule has 2 aromatic carbocycles. The molecule has 0 fully saturated rings. The highest BCUT2D eigenvalue weighted by atomic mass is 16.3. The molecule has 100 valence electrons. The Balaban J connectivity index is 2.11. The van der Waals surface area contributed by atoms with Crippen molar-refractivity contribution in [3.05, 3.63) is 79.2 Å². The smallest absolute Gasteiger partial charge is 0.136 e. The summed E-state index contributed by atoms with van der Waals surface area (Å²) in [5.41, 5.74) is 4.34. The first-order valence-electron chi connectivity index (χ1n) is 6.90. The summed E-state index contributed by atoms with van der Waals surface area (Å²) in [4.78, 5) is 4.56. The van der Waals surface area contributed by atoms with Gasteiger partial charge in [-0.05, 0) is 23.8 Å². The molecule has 0 radical (unpaired) electrons. The summed E-state index contributed by atoms with van der Waals surface area (Å²) in [6, 6.07) is 22.4. The van der Waals surface area contributed by atoms with Crippen LogP contribution in [0, 0.1) is 0 Å². The van der Waals surface area contributed by atoms with Gasteiger partial charge in [0.15, 0.2) is 0 Å². The summed E-state index contributed by atoms with van der Waals surface area (Å²) < 4.78 is 5.59. The van der Waals surface area contributed by atoms with Crippen LogP contribution in [0.3, 0.4) is 0 Å². The molecule has 2 aromatic heterocycles. The number of hydrogen-bond donors (Lipinski definition) is 0. The number of rotatable bonds is 2. The molecule has 0 aliphatic rings. The largest absolute Gasteiger partial charge is 0.464 e. The molecule has 0 saturated carbocycles. The first-order chi connectivity index (χ1) is 10.4. The molecule has 0 saturated heterocycles. The molecular weight excluding hydrogens is 258 g/mol. The van der Waals surface area contributed by atoms with Gasteiger partial charge in [0, 0.05) is 22.7 Å². The number of benzene rings is 2. The highest BCUT2D eigenvalue weighted by Gasteiger charge is 2.13. The van der Waals surface area contributed by atoms with Crippen molar-refractivity contribution in [3.8, 4) is 22.5 Å². The van der Waals surface area contributed by atoms with E-state index in [-0.39, 0.29) is 0 Å². The number of aromatic nitrogens is 1. The van der Waals surface area contributed by atoms with E-state index in [1.54, 1.807) is 6.26 Å². The molecule has 2 nitrogen and oxygen atoms in total. The van der Waals surface area contributed by atoms with Crippen molar-refractivity contribution in [1.29, 1.82) is 0 Å². The lowest BCUT2D eigenvalue weighted by Gasteiger charge is -2.11. The lowest BCUT2D eigenvalue weighted by Crippen LogP contribution is -1.89. The van der Waals surface area contributed by atoms with Gasteiger partial charge in [-0.15, -0.1) is 0 Å². The Bertz CT molecular complexity index is 880. The molecule has 4 rings (SSSR count). The highest BCUT2D eigenvalue weighted by molar-refractivity contribution is 6.01. The Kier molecular flexibility index (Phi) is 2.79. The lowest BCUT2D eigenvalue weighted by molar-refractivity contribution is 0.582. The highest BCUT2D eigenvalue weighted by Crippen LogP contribution is 2.36. The standard InChI is InChI=1S/C19H13NO/c1-2-7-14(8-3-1)19-15-9-4-5-10-17(15)20-13-16(19)18-11-6-12-21-18/h1-13H. The zero-order valence-electron chi connectivity index (χ0n) is 11.4. The number of para-hydroxylation sites is 1. The number of hydrogen-bond acceptors (Lipinski definition) is 2. The van der Waals surface area contributed by atoms with E-state index in [2.05, 4.69) is 35.3 Å². The maximum absolute atomic E-state index is 5.59. The number of furan rings is 1. The molecule has 2 heterocycles. The van der Waals surface area contributed by atoms with Crippen molar-refractivity contribution in [1.82, 2.24) is 4.98 Å². The van der Waals surface area contributed by atoms with Crippen LogP contribution in [-0.4, -0.2) is 4.98 Å². The van der Waals surface area contributed by atoms with Crippen molar-refractivity contribution >= 4 is 10.9 Å². The van der Waals surface area contributed by atoms with E-state index in [4.69, 9.17) is 4.42 Å². The van der Waals surface area contributed by atoms with Gasteiger partial charge in [0.2, 0.25) is 0 Å². The minimum atomic E-state index is 0.840. The van der Waals surface area contributed by atoms with E-state index in [9.17, 15) is 0 Å². The van der Waals surface area contributed by atoms with Crippen LogP contribution in [0.25, 0.3) is 33.4 Å². The topological polar surface area (TPSA) is 26.0 Å². The zero-order chi connectivity index (χ0) is 14.1. The van der Waals surface area contributed by atoms with Gasteiger partial charge in [0.1, 0.15) is 5.76 Å². The molecule has 2 heteroatoms. The first kappa shape index (κ1) is 11.9. The summed E-state index contributed by atoms with van der Waals surface area (Å²) in [6.07, 6.45) is 3.59. The first-order valence-corrected chi connectivity index (χ1v) is 6.90. The molecule has 0 atom stereocenters. The maximum Gasteiger partial charge on any atom is 0.136 e. The van der Waals surface area contributed by atoms with Crippen LogP contribution in [-0.2, 0) is 0 Å². The van der Waals surface area contributed by atoms with E-state index in [1.165, 1.54) is 5.56 Å². The Morgan fingerprint density at radius 3 is 2.38 bits per heavy atom. The normalized spacial score (nSPS) is 10.9. The van der Waals surface area contributed by atoms with Crippen LogP contribution in [0.2, 0.25) is 0 Å². The average Bonchev–Trinajstić information content (AvgIpc) is 3.09. The van der Waals surface area contributed by atoms with E-state index in [0.29, 0.717) is 0 Å². The van der Waals surface area contributed by atoms with Gasteiger partial charge in [0.05, 0.1) is 11.8 Å². The molecule has 21 heavy (non-hydrogen) atoms. The monoisotopic (exact) mass is 271 g/mol. The van der Waals surface area contributed by atoms with Gasteiger partial charge >= 0.3 is 0 Å². The van der Waals surface area contributed by atoms with E-state index >= 15 is 0 Å². The Hall–Kier alpha value is -2.87. The molecule has 0 unspecified atom stereocenters.